The van der Waals surface area contributed by atoms with Crippen molar-refractivity contribution in [2.24, 2.45) is 0 Å². The summed E-state index contributed by atoms with van der Waals surface area (Å²) in [6.07, 6.45) is 0. The Bertz CT molecular complexity index is 425. The summed E-state index contributed by atoms with van der Waals surface area (Å²) >= 11 is 0. The highest BCUT2D eigenvalue weighted by Crippen LogP contribution is 2.08. The lowest BCUT2D eigenvalue weighted by Crippen LogP contribution is -2.46. The summed E-state index contributed by atoms with van der Waals surface area (Å²) in [4.78, 5) is 16.0. The molecular weight excluding hydrogens is 258 g/mol. The van der Waals surface area contributed by atoms with Crippen molar-refractivity contribution in [1.29, 1.82) is 0 Å². The number of piperazine rings is 1. The van der Waals surface area contributed by atoms with Crippen LogP contribution in [0.5, 0.6) is 0 Å². The van der Waals surface area contributed by atoms with Gasteiger partial charge in [0.2, 0.25) is 5.76 Å². The van der Waals surface area contributed by atoms with Gasteiger partial charge in [-0.05, 0) is 19.2 Å². The standard InChI is InChI=1S/C14H23N3O3/c1-16-7-9-17(10-8-16)6-5-15-11-12-3-4-13(20-12)14(18)19-2/h3-4,15H,5-11H2,1-2H3. The van der Waals surface area contributed by atoms with E-state index in [0.29, 0.717) is 6.54 Å². The molecule has 0 saturated carbocycles. The van der Waals surface area contributed by atoms with Gasteiger partial charge in [-0.15, -0.1) is 0 Å². The number of methoxy groups -OCH3 is 1. The van der Waals surface area contributed by atoms with E-state index in [4.69, 9.17) is 4.42 Å². The summed E-state index contributed by atoms with van der Waals surface area (Å²) in [7, 11) is 3.50. The Balaban J connectivity index is 1.63. The Morgan fingerprint density at radius 1 is 1.35 bits per heavy atom. The molecule has 2 rings (SSSR count). The summed E-state index contributed by atoms with van der Waals surface area (Å²) in [5, 5.41) is 3.33. The minimum absolute atomic E-state index is 0.253. The van der Waals surface area contributed by atoms with Crippen molar-refractivity contribution in [2.75, 3.05) is 53.4 Å². The second-order valence-corrected chi connectivity index (χ2v) is 5.08. The van der Waals surface area contributed by atoms with Crippen LogP contribution in [0.25, 0.3) is 0 Å². The van der Waals surface area contributed by atoms with Crippen LogP contribution in [0.4, 0.5) is 0 Å². The molecule has 0 unspecified atom stereocenters. The number of rotatable bonds is 6. The zero-order valence-electron chi connectivity index (χ0n) is 12.2. The molecule has 1 saturated heterocycles. The van der Waals surface area contributed by atoms with Gasteiger partial charge in [-0.3, -0.25) is 4.90 Å². The third-order valence-electron chi connectivity index (χ3n) is 3.55. The predicted molar refractivity (Wildman–Crippen MR) is 75.7 cm³/mol. The molecule has 20 heavy (non-hydrogen) atoms. The normalized spacial score (nSPS) is 17.3. The van der Waals surface area contributed by atoms with Crippen molar-refractivity contribution in [3.8, 4) is 0 Å². The van der Waals surface area contributed by atoms with Gasteiger partial charge in [0, 0.05) is 39.3 Å². The van der Waals surface area contributed by atoms with Gasteiger partial charge in [0.25, 0.3) is 0 Å². The van der Waals surface area contributed by atoms with Crippen molar-refractivity contribution >= 4 is 5.97 Å². The van der Waals surface area contributed by atoms with Gasteiger partial charge in [-0.1, -0.05) is 0 Å². The van der Waals surface area contributed by atoms with Crippen LogP contribution in [0.1, 0.15) is 16.3 Å². The first kappa shape index (κ1) is 15.0. The average molecular weight is 281 g/mol. The van der Waals surface area contributed by atoms with E-state index in [-0.39, 0.29) is 5.76 Å². The molecule has 0 aromatic carbocycles. The van der Waals surface area contributed by atoms with Crippen LogP contribution >= 0.6 is 0 Å². The van der Waals surface area contributed by atoms with Gasteiger partial charge in [-0.2, -0.15) is 0 Å². The summed E-state index contributed by atoms with van der Waals surface area (Å²) < 4.78 is 9.98. The number of nitrogens with one attached hydrogen (secondary N) is 1. The molecule has 6 nitrogen and oxygen atoms in total. The lowest BCUT2D eigenvalue weighted by atomic mass is 10.3. The molecule has 1 aromatic heterocycles. The van der Waals surface area contributed by atoms with E-state index >= 15 is 0 Å². The number of carbonyl (C=O) groups excluding carboxylic acids is 1. The second kappa shape index (κ2) is 7.42. The van der Waals surface area contributed by atoms with Crippen molar-refractivity contribution in [2.45, 2.75) is 6.54 Å². The van der Waals surface area contributed by atoms with Crippen LogP contribution in [0.3, 0.4) is 0 Å². The number of ether oxygens (including phenoxy) is 1. The van der Waals surface area contributed by atoms with E-state index in [2.05, 4.69) is 26.9 Å². The number of nitrogens with zero attached hydrogens (tertiary/aromatic N) is 2. The Morgan fingerprint density at radius 3 is 2.80 bits per heavy atom. The highest BCUT2D eigenvalue weighted by molar-refractivity contribution is 5.86. The minimum Gasteiger partial charge on any atom is -0.463 e. The third kappa shape index (κ3) is 4.33. The fourth-order valence-corrected chi connectivity index (χ4v) is 2.20. The molecule has 0 amide bonds. The van der Waals surface area contributed by atoms with Gasteiger partial charge >= 0.3 is 5.97 Å². The predicted octanol–water partition coefficient (Wildman–Crippen LogP) is 0.403. The van der Waals surface area contributed by atoms with Crippen LogP contribution < -0.4 is 5.32 Å². The molecule has 0 aliphatic carbocycles. The molecule has 1 aliphatic heterocycles. The molecule has 1 aromatic rings. The number of likely N-dealkylation sites (N-methyl/N-ethyl adjacent to an activating group) is 1. The zero-order valence-corrected chi connectivity index (χ0v) is 12.2. The van der Waals surface area contributed by atoms with Crippen LogP contribution in [-0.4, -0.2) is 69.2 Å². The Kier molecular flexibility index (Phi) is 5.58. The fraction of sp³-hybridized carbons (Fsp3) is 0.643. The van der Waals surface area contributed by atoms with Gasteiger partial charge in [-0.25, -0.2) is 4.79 Å². The lowest BCUT2D eigenvalue weighted by molar-refractivity contribution is 0.0563. The van der Waals surface area contributed by atoms with E-state index < -0.39 is 5.97 Å². The van der Waals surface area contributed by atoms with Gasteiger partial charge < -0.3 is 19.4 Å². The van der Waals surface area contributed by atoms with Crippen LogP contribution in [0.2, 0.25) is 0 Å². The molecule has 0 radical (unpaired) electrons. The number of hydrogen-bond donors (Lipinski definition) is 1. The van der Waals surface area contributed by atoms with Crippen LogP contribution in [-0.2, 0) is 11.3 Å². The summed E-state index contributed by atoms with van der Waals surface area (Å²) in [5.74, 6) is 0.570. The summed E-state index contributed by atoms with van der Waals surface area (Å²) in [6.45, 7) is 7.12. The molecule has 2 heterocycles. The first-order valence-corrected chi connectivity index (χ1v) is 6.97. The number of esters is 1. The molecule has 0 atom stereocenters. The lowest BCUT2D eigenvalue weighted by Gasteiger charge is -2.32. The van der Waals surface area contributed by atoms with E-state index in [1.54, 1.807) is 12.1 Å². The quantitative estimate of drug-likeness (QED) is 0.602. The molecule has 1 N–H and O–H groups in total. The van der Waals surface area contributed by atoms with Gasteiger partial charge in [0.05, 0.1) is 13.7 Å². The zero-order chi connectivity index (χ0) is 14.4. The number of hydrogen-bond acceptors (Lipinski definition) is 6. The van der Waals surface area contributed by atoms with E-state index in [1.165, 1.54) is 7.11 Å². The van der Waals surface area contributed by atoms with E-state index in [0.717, 1.165) is 45.0 Å². The fourth-order valence-electron chi connectivity index (χ4n) is 2.20. The van der Waals surface area contributed by atoms with E-state index in [9.17, 15) is 4.79 Å². The third-order valence-corrected chi connectivity index (χ3v) is 3.55. The number of carbonyl (C=O) groups is 1. The van der Waals surface area contributed by atoms with Gasteiger partial charge in [0.1, 0.15) is 5.76 Å². The summed E-state index contributed by atoms with van der Waals surface area (Å²) in [6, 6.07) is 3.44. The maximum absolute atomic E-state index is 11.2. The summed E-state index contributed by atoms with van der Waals surface area (Å²) in [5.41, 5.74) is 0. The molecule has 0 bridgehead atoms. The van der Waals surface area contributed by atoms with E-state index in [1.807, 2.05) is 0 Å². The molecule has 1 fully saturated rings. The van der Waals surface area contributed by atoms with Crippen molar-refractivity contribution in [1.82, 2.24) is 15.1 Å². The molecule has 6 heteroatoms. The van der Waals surface area contributed by atoms with Crippen molar-refractivity contribution in [3.63, 3.8) is 0 Å². The molecule has 1 aliphatic rings. The van der Waals surface area contributed by atoms with Gasteiger partial charge in [0.15, 0.2) is 0 Å². The number of furan rings is 1. The Labute approximate surface area is 119 Å². The first-order valence-electron chi connectivity index (χ1n) is 6.97. The largest absolute Gasteiger partial charge is 0.463 e. The van der Waals surface area contributed by atoms with Crippen molar-refractivity contribution in [3.05, 3.63) is 23.7 Å². The molecule has 112 valence electrons. The highest BCUT2D eigenvalue weighted by atomic mass is 16.5. The maximum Gasteiger partial charge on any atom is 0.373 e. The average Bonchev–Trinajstić information content (AvgIpc) is 2.93. The molecule has 0 spiro atoms. The van der Waals surface area contributed by atoms with Crippen molar-refractivity contribution < 1.29 is 13.9 Å². The van der Waals surface area contributed by atoms with Crippen LogP contribution in [0, 0.1) is 0 Å². The topological polar surface area (TPSA) is 58.0 Å². The minimum atomic E-state index is -0.436. The Morgan fingerprint density at radius 2 is 2.10 bits per heavy atom. The second-order valence-electron chi connectivity index (χ2n) is 5.08. The Hall–Kier alpha value is -1.37. The molecular formula is C14H23N3O3. The first-order chi connectivity index (χ1) is 9.69. The maximum atomic E-state index is 11.2. The monoisotopic (exact) mass is 281 g/mol. The van der Waals surface area contributed by atoms with Crippen LogP contribution in [0.15, 0.2) is 16.5 Å². The highest BCUT2D eigenvalue weighted by Gasteiger charge is 2.13. The smallest absolute Gasteiger partial charge is 0.373 e. The SMILES string of the molecule is COC(=O)c1ccc(CNCCN2CCN(C)CC2)o1.